The quantitative estimate of drug-likeness (QED) is 0.800. The molecule has 0 spiro atoms. The molecule has 4 nitrogen and oxygen atoms in total. The summed E-state index contributed by atoms with van der Waals surface area (Å²) < 4.78 is 0.783. The maximum atomic E-state index is 12.2. The molecule has 2 rings (SSSR count). The first kappa shape index (κ1) is 15.0. The van der Waals surface area contributed by atoms with E-state index in [4.69, 9.17) is 0 Å². The molecule has 1 heterocycles. The largest absolute Gasteiger partial charge is 0.332 e. The van der Waals surface area contributed by atoms with Gasteiger partial charge in [-0.1, -0.05) is 6.07 Å². The van der Waals surface area contributed by atoms with Crippen LogP contribution in [0.2, 0.25) is 0 Å². The van der Waals surface area contributed by atoms with Gasteiger partial charge in [0, 0.05) is 17.1 Å². The molecule has 1 fully saturated rings. The first-order valence-electron chi connectivity index (χ1n) is 6.87. The van der Waals surface area contributed by atoms with E-state index in [9.17, 15) is 9.59 Å². The Morgan fingerprint density at radius 3 is 2.75 bits per heavy atom. The average Bonchev–Trinajstić information content (AvgIpc) is 2.41. The van der Waals surface area contributed by atoms with E-state index >= 15 is 0 Å². The average molecular weight is 339 g/mol. The normalized spacial score (nSPS) is 18.8. The van der Waals surface area contributed by atoms with E-state index in [1.807, 2.05) is 26.0 Å². The van der Waals surface area contributed by atoms with Gasteiger partial charge in [-0.2, -0.15) is 0 Å². The lowest BCUT2D eigenvalue weighted by molar-refractivity contribution is -0.145. The van der Waals surface area contributed by atoms with Crippen LogP contribution in [-0.4, -0.2) is 29.3 Å². The van der Waals surface area contributed by atoms with Crippen LogP contribution >= 0.6 is 15.9 Å². The Bertz CT molecular complexity index is 531. The van der Waals surface area contributed by atoms with Crippen LogP contribution in [0.3, 0.4) is 0 Å². The highest BCUT2D eigenvalue weighted by molar-refractivity contribution is 9.10. The van der Waals surface area contributed by atoms with Crippen molar-refractivity contribution in [1.82, 2.24) is 4.90 Å². The standard InChI is InChI=1S/C15H19BrN2O2/c1-10-6-7-13(12(16)9-10)17-14(19)15(20)18-8-4-3-5-11(18)2/h6-7,9,11H,3-5,8H2,1-2H3,(H,17,19). The molecule has 0 bridgehead atoms. The van der Waals surface area contributed by atoms with Gasteiger partial charge in [0.15, 0.2) is 0 Å². The maximum Gasteiger partial charge on any atom is 0.313 e. The van der Waals surface area contributed by atoms with Crippen molar-refractivity contribution in [2.24, 2.45) is 0 Å². The van der Waals surface area contributed by atoms with Crippen molar-refractivity contribution >= 4 is 33.4 Å². The second-order valence-electron chi connectivity index (χ2n) is 5.28. The van der Waals surface area contributed by atoms with E-state index in [1.165, 1.54) is 0 Å². The predicted molar refractivity (Wildman–Crippen MR) is 82.5 cm³/mol. The molecule has 108 valence electrons. The van der Waals surface area contributed by atoms with E-state index < -0.39 is 11.8 Å². The Morgan fingerprint density at radius 2 is 2.10 bits per heavy atom. The van der Waals surface area contributed by atoms with Crippen LogP contribution in [0.4, 0.5) is 5.69 Å². The minimum atomic E-state index is -0.566. The fourth-order valence-corrected chi connectivity index (χ4v) is 3.02. The molecule has 1 saturated heterocycles. The van der Waals surface area contributed by atoms with Gasteiger partial charge < -0.3 is 10.2 Å². The van der Waals surface area contributed by atoms with Crippen LogP contribution in [0.25, 0.3) is 0 Å². The van der Waals surface area contributed by atoms with Crippen molar-refractivity contribution in [3.05, 3.63) is 28.2 Å². The lowest BCUT2D eigenvalue weighted by Crippen LogP contribution is -2.47. The summed E-state index contributed by atoms with van der Waals surface area (Å²) in [5, 5.41) is 2.68. The second-order valence-corrected chi connectivity index (χ2v) is 6.14. The molecule has 5 heteroatoms. The van der Waals surface area contributed by atoms with Gasteiger partial charge in [-0.25, -0.2) is 0 Å². The van der Waals surface area contributed by atoms with Gasteiger partial charge in [-0.05, 0) is 66.7 Å². The first-order chi connectivity index (χ1) is 9.49. The lowest BCUT2D eigenvalue weighted by atomic mass is 10.0. The summed E-state index contributed by atoms with van der Waals surface area (Å²) in [7, 11) is 0. The van der Waals surface area contributed by atoms with Crippen molar-refractivity contribution in [2.45, 2.75) is 39.2 Å². The number of piperidine rings is 1. The molecule has 1 aliphatic rings. The molecule has 1 N–H and O–H groups in total. The molecule has 0 saturated carbocycles. The number of likely N-dealkylation sites (tertiary alicyclic amines) is 1. The van der Waals surface area contributed by atoms with Gasteiger partial charge in [0.05, 0.1) is 5.69 Å². The maximum absolute atomic E-state index is 12.2. The number of hydrogen-bond acceptors (Lipinski definition) is 2. The van der Waals surface area contributed by atoms with E-state index in [1.54, 1.807) is 11.0 Å². The molecule has 0 aromatic heterocycles. The van der Waals surface area contributed by atoms with Crippen LogP contribution in [-0.2, 0) is 9.59 Å². The summed E-state index contributed by atoms with van der Waals surface area (Å²) in [6, 6.07) is 5.74. The molecule has 1 aromatic rings. The molecule has 1 atom stereocenters. The number of benzene rings is 1. The van der Waals surface area contributed by atoms with Gasteiger partial charge in [0.2, 0.25) is 0 Å². The first-order valence-corrected chi connectivity index (χ1v) is 7.66. The number of hydrogen-bond donors (Lipinski definition) is 1. The number of carbonyl (C=O) groups is 2. The van der Waals surface area contributed by atoms with E-state index in [2.05, 4.69) is 21.2 Å². The lowest BCUT2D eigenvalue weighted by Gasteiger charge is -2.32. The summed E-state index contributed by atoms with van der Waals surface area (Å²) in [5.74, 6) is -1.01. The van der Waals surface area contributed by atoms with Gasteiger partial charge >= 0.3 is 11.8 Å². The Balaban J connectivity index is 2.05. The monoisotopic (exact) mass is 338 g/mol. The minimum absolute atomic E-state index is 0.142. The molecule has 20 heavy (non-hydrogen) atoms. The molecule has 1 aliphatic heterocycles. The SMILES string of the molecule is Cc1ccc(NC(=O)C(=O)N2CCCCC2C)c(Br)c1. The van der Waals surface area contributed by atoms with Crippen LogP contribution in [0, 0.1) is 6.92 Å². The minimum Gasteiger partial charge on any atom is -0.332 e. The van der Waals surface area contributed by atoms with Gasteiger partial charge in [-0.3, -0.25) is 9.59 Å². The topological polar surface area (TPSA) is 49.4 Å². The predicted octanol–water partition coefficient (Wildman–Crippen LogP) is 3.10. The van der Waals surface area contributed by atoms with Crippen LogP contribution in [0.5, 0.6) is 0 Å². The highest BCUT2D eigenvalue weighted by atomic mass is 79.9. The van der Waals surface area contributed by atoms with Gasteiger partial charge in [-0.15, -0.1) is 0 Å². The van der Waals surface area contributed by atoms with Crippen molar-refractivity contribution in [2.75, 3.05) is 11.9 Å². The van der Waals surface area contributed by atoms with Crippen molar-refractivity contribution in [1.29, 1.82) is 0 Å². The highest BCUT2D eigenvalue weighted by Gasteiger charge is 2.28. The smallest absolute Gasteiger partial charge is 0.313 e. The summed E-state index contributed by atoms with van der Waals surface area (Å²) in [4.78, 5) is 25.9. The molecule has 0 aliphatic carbocycles. The zero-order valence-corrected chi connectivity index (χ0v) is 13.4. The molecule has 0 radical (unpaired) electrons. The molecular weight excluding hydrogens is 320 g/mol. The fraction of sp³-hybridized carbons (Fsp3) is 0.467. The number of carbonyl (C=O) groups excluding carboxylic acids is 2. The third-order valence-corrected chi connectivity index (χ3v) is 4.29. The highest BCUT2D eigenvalue weighted by Crippen LogP contribution is 2.24. The summed E-state index contributed by atoms with van der Waals surface area (Å²) in [6.07, 6.45) is 3.06. The summed E-state index contributed by atoms with van der Waals surface area (Å²) >= 11 is 3.39. The third-order valence-electron chi connectivity index (χ3n) is 3.63. The number of nitrogens with one attached hydrogen (secondary N) is 1. The second kappa shape index (κ2) is 6.39. The van der Waals surface area contributed by atoms with Crippen LogP contribution in [0.1, 0.15) is 31.7 Å². The molecule has 2 amide bonds. The fourth-order valence-electron chi connectivity index (χ4n) is 2.43. The number of anilines is 1. The van der Waals surface area contributed by atoms with Gasteiger partial charge in [0.25, 0.3) is 0 Å². The summed E-state index contributed by atoms with van der Waals surface area (Å²) in [5.41, 5.74) is 1.71. The van der Waals surface area contributed by atoms with E-state index in [0.717, 1.165) is 29.3 Å². The zero-order chi connectivity index (χ0) is 14.7. The number of nitrogens with zero attached hydrogens (tertiary/aromatic N) is 1. The Morgan fingerprint density at radius 1 is 1.35 bits per heavy atom. The Hall–Kier alpha value is -1.36. The Labute approximate surface area is 127 Å². The van der Waals surface area contributed by atoms with E-state index in [-0.39, 0.29) is 6.04 Å². The van der Waals surface area contributed by atoms with Crippen molar-refractivity contribution < 1.29 is 9.59 Å². The van der Waals surface area contributed by atoms with Crippen molar-refractivity contribution in [3.8, 4) is 0 Å². The molecular formula is C15H19BrN2O2. The van der Waals surface area contributed by atoms with E-state index in [0.29, 0.717) is 12.2 Å². The molecule has 1 unspecified atom stereocenters. The van der Waals surface area contributed by atoms with Crippen molar-refractivity contribution in [3.63, 3.8) is 0 Å². The van der Waals surface area contributed by atoms with Crippen LogP contribution in [0.15, 0.2) is 22.7 Å². The molecule has 1 aromatic carbocycles. The third kappa shape index (κ3) is 3.39. The number of amides is 2. The number of aryl methyl sites for hydroxylation is 1. The van der Waals surface area contributed by atoms with Crippen LogP contribution < -0.4 is 5.32 Å². The Kier molecular flexibility index (Phi) is 4.81. The number of rotatable bonds is 1. The summed E-state index contributed by atoms with van der Waals surface area (Å²) in [6.45, 7) is 4.63. The zero-order valence-electron chi connectivity index (χ0n) is 11.8. The van der Waals surface area contributed by atoms with Gasteiger partial charge in [0.1, 0.15) is 0 Å². The number of halogens is 1.